The quantitative estimate of drug-likeness (QED) is 0.627. The summed E-state index contributed by atoms with van der Waals surface area (Å²) < 4.78 is 44.8. The van der Waals surface area contributed by atoms with Gasteiger partial charge in [0.05, 0.1) is 6.61 Å². The number of aromatic nitrogens is 2. The number of anilines is 2. The molecule has 0 aliphatic rings. The SMILES string of the molecule is CCCOc1nc(N(CC)c2cccc(CCC)c2)ncc1C(F)(F)F. The van der Waals surface area contributed by atoms with Crippen LogP contribution in [0.1, 0.15) is 44.7 Å². The molecule has 0 N–H and O–H groups in total. The second kappa shape index (κ2) is 8.87. The topological polar surface area (TPSA) is 38.2 Å². The number of halogens is 3. The minimum absolute atomic E-state index is 0.164. The van der Waals surface area contributed by atoms with E-state index < -0.39 is 17.6 Å². The van der Waals surface area contributed by atoms with Crippen LogP contribution in [0.3, 0.4) is 0 Å². The van der Waals surface area contributed by atoms with Gasteiger partial charge in [0, 0.05) is 18.4 Å². The maximum absolute atomic E-state index is 13.2. The van der Waals surface area contributed by atoms with Crippen molar-refractivity contribution >= 4 is 11.6 Å². The van der Waals surface area contributed by atoms with E-state index >= 15 is 0 Å². The minimum Gasteiger partial charge on any atom is -0.477 e. The van der Waals surface area contributed by atoms with Crippen molar-refractivity contribution in [1.29, 1.82) is 0 Å². The highest BCUT2D eigenvalue weighted by Crippen LogP contribution is 2.36. The Balaban J connectivity index is 2.42. The van der Waals surface area contributed by atoms with E-state index in [1.165, 1.54) is 0 Å². The molecular weight excluding hydrogens is 343 g/mol. The summed E-state index contributed by atoms with van der Waals surface area (Å²) in [6.45, 7) is 6.51. The Kier molecular flexibility index (Phi) is 6.83. The van der Waals surface area contributed by atoms with E-state index in [9.17, 15) is 13.2 Å². The van der Waals surface area contributed by atoms with Crippen LogP contribution in [0, 0.1) is 0 Å². The van der Waals surface area contributed by atoms with Crippen LogP contribution in [-0.2, 0) is 12.6 Å². The molecule has 0 aliphatic heterocycles. The van der Waals surface area contributed by atoms with Gasteiger partial charge in [-0.1, -0.05) is 32.4 Å². The van der Waals surface area contributed by atoms with Gasteiger partial charge in [0.1, 0.15) is 5.56 Å². The summed E-state index contributed by atoms with van der Waals surface area (Å²) in [5.41, 5.74) is 1.06. The smallest absolute Gasteiger partial charge is 0.423 e. The first kappa shape index (κ1) is 20.0. The van der Waals surface area contributed by atoms with Crippen molar-refractivity contribution in [3.05, 3.63) is 41.6 Å². The first-order valence-electron chi connectivity index (χ1n) is 8.84. The van der Waals surface area contributed by atoms with Gasteiger partial charge in [-0.15, -0.1) is 0 Å². The predicted octanol–water partition coefficient (Wildman–Crippen LogP) is 5.39. The van der Waals surface area contributed by atoms with Crippen LogP contribution in [0.4, 0.5) is 24.8 Å². The number of rotatable bonds is 8. The number of benzene rings is 1. The normalized spacial score (nSPS) is 11.5. The van der Waals surface area contributed by atoms with Gasteiger partial charge in [-0.3, -0.25) is 0 Å². The highest BCUT2D eigenvalue weighted by atomic mass is 19.4. The molecular formula is C19H24F3N3O. The highest BCUT2D eigenvalue weighted by molar-refractivity contribution is 5.58. The largest absolute Gasteiger partial charge is 0.477 e. The van der Waals surface area contributed by atoms with E-state index in [-0.39, 0.29) is 12.6 Å². The average Bonchev–Trinajstić information content (AvgIpc) is 2.60. The molecule has 0 unspecified atom stereocenters. The Bertz CT molecular complexity index is 719. The third-order valence-electron chi connectivity index (χ3n) is 3.81. The van der Waals surface area contributed by atoms with Crippen molar-refractivity contribution in [2.75, 3.05) is 18.1 Å². The number of aryl methyl sites for hydroxylation is 1. The van der Waals surface area contributed by atoms with Crippen LogP contribution in [-0.4, -0.2) is 23.1 Å². The lowest BCUT2D eigenvalue weighted by Gasteiger charge is -2.23. The van der Waals surface area contributed by atoms with Crippen LogP contribution < -0.4 is 9.64 Å². The van der Waals surface area contributed by atoms with Gasteiger partial charge in [0.15, 0.2) is 0 Å². The molecule has 0 radical (unpaired) electrons. The Labute approximate surface area is 152 Å². The van der Waals surface area contributed by atoms with E-state index in [0.29, 0.717) is 13.0 Å². The van der Waals surface area contributed by atoms with Crippen molar-refractivity contribution < 1.29 is 17.9 Å². The Morgan fingerprint density at radius 1 is 1.12 bits per heavy atom. The first-order valence-corrected chi connectivity index (χ1v) is 8.84. The van der Waals surface area contributed by atoms with E-state index in [4.69, 9.17) is 4.74 Å². The lowest BCUT2D eigenvalue weighted by molar-refractivity contribution is -0.139. The number of hydrogen-bond acceptors (Lipinski definition) is 4. The molecule has 0 saturated heterocycles. The molecule has 0 aliphatic carbocycles. The molecule has 0 atom stereocenters. The fourth-order valence-electron chi connectivity index (χ4n) is 2.60. The monoisotopic (exact) mass is 367 g/mol. The fourth-order valence-corrected chi connectivity index (χ4v) is 2.60. The van der Waals surface area contributed by atoms with Gasteiger partial charge in [-0.25, -0.2) is 4.98 Å². The molecule has 4 nitrogen and oxygen atoms in total. The van der Waals surface area contributed by atoms with E-state index in [1.54, 1.807) is 4.90 Å². The summed E-state index contributed by atoms with van der Waals surface area (Å²) in [6.07, 6.45) is -1.22. The summed E-state index contributed by atoms with van der Waals surface area (Å²) in [4.78, 5) is 9.80. The molecule has 2 aromatic rings. The van der Waals surface area contributed by atoms with Crippen molar-refractivity contribution in [3.63, 3.8) is 0 Å². The molecule has 0 amide bonds. The first-order chi connectivity index (χ1) is 12.4. The van der Waals surface area contributed by atoms with Gasteiger partial charge in [0.25, 0.3) is 0 Å². The zero-order chi connectivity index (χ0) is 19.2. The zero-order valence-electron chi connectivity index (χ0n) is 15.3. The molecule has 1 aromatic carbocycles. The zero-order valence-corrected chi connectivity index (χ0v) is 15.3. The predicted molar refractivity (Wildman–Crippen MR) is 95.9 cm³/mol. The van der Waals surface area contributed by atoms with Gasteiger partial charge in [0.2, 0.25) is 11.8 Å². The van der Waals surface area contributed by atoms with Crippen molar-refractivity contribution in [3.8, 4) is 5.88 Å². The fraction of sp³-hybridized carbons (Fsp3) is 0.474. The molecule has 1 aromatic heterocycles. The lowest BCUT2D eigenvalue weighted by atomic mass is 10.1. The van der Waals surface area contributed by atoms with Gasteiger partial charge >= 0.3 is 6.18 Å². The molecule has 1 heterocycles. The standard InChI is InChI=1S/C19H24F3N3O/c1-4-8-14-9-7-10-15(12-14)25(6-3)18-23-13-16(19(20,21)22)17(24-18)26-11-5-2/h7,9-10,12-13H,4-6,8,11H2,1-3H3. The summed E-state index contributed by atoms with van der Waals surface area (Å²) in [6, 6.07) is 7.88. The van der Waals surface area contributed by atoms with Gasteiger partial charge in [-0.05, 0) is 37.5 Å². The molecule has 2 rings (SSSR count). The molecule has 142 valence electrons. The number of hydrogen-bond donors (Lipinski definition) is 0. The van der Waals surface area contributed by atoms with Gasteiger partial charge in [-0.2, -0.15) is 18.2 Å². The lowest BCUT2D eigenvalue weighted by Crippen LogP contribution is -2.21. The van der Waals surface area contributed by atoms with Gasteiger partial charge < -0.3 is 9.64 Å². The number of nitrogens with zero attached hydrogens (tertiary/aromatic N) is 3. The van der Waals surface area contributed by atoms with E-state index in [0.717, 1.165) is 30.3 Å². The molecule has 7 heteroatoms. The third kappa shape index (κ3) is 4.86. The Morgan fingerprint density at radius 2 is 1.88 bits per heavy atom. The molecule has 0 fully saturated rings. The molecule has 0 bridgehead atoms. The van der Waals surface area contributed by atoms with Crippen LogP contribution >= 0.6 is 0 Å². The van der Waals surface area contributed by atoms with Crippen LogP contribution in [0.25, 0.3) is 0 Å². The van der Waals surface area contributed by atoms with E-state index in [1.807, 2.05) is 38.1 Å². The summed E-state index contributed by atoms with van der Waals surface area (Å²) in [5.74, 6) is -0.229. The maximum Gasteiger partial charge on any atom is 0.423 e. The number of alkyl halides is 3. The second-order valence-corrected chi connectivity index (χ2v) is 5.90. The average molecular weight is 367 g/mol. The van der Waals surface area contributed by atoms with Crippen LogP contribution in [0.5, 0.6) is 5.88 Å². The third-order valence-corrected chi connectivity index (χ3v) is 3.81. The summed E-state index contributed by atoms with van der Waals surface area (Å²) in [7, 11) is 0. The van der Waals surface area contributed by atoms with Crippen molar-refractivity contribution in [1.82, 2.24) is 9.97 Å². The highest BCUT2D eigenvalue weighted by Gasteiger charge is 2.36. The summed E-state index contributed by atoms with van der Waals surface area (Å²) >= 11 is 0. The van der Waals surface area contributed by atoms with E-state index in [2.05, 4.69) is 16.9 Å². The Morgan fingerprint density at radius 3 is 2.50 bits per heavy atom. The Hall–Kier alpha value is -2.31. The minimum atomic E-state index is -4.56. The number of ether oxygens (including phenoxy) is 1. The van der Waals surface area contributed by atoms with Crippen LogP contribution in [0.15, 0.2) is 30.5 Å². The molecule has 26 heavy (non-hydrogen) atoms. The second-order valence-electron chi connectivity index (χ2n) is 5.90. The maximum atomic E-state index is 13.2. The summed E-state index contributed by atoms with van der Waals surface area (Å²) in [5, 5.41) is 0. The van der Waals surface area contributed by atoms with Crippen molar-refractivity contribution in [2.24, 2.45) is 0 Å². The molecule has 0 spiro atoms. The molecule has 0 saturated carbocycles. The van der Waals surface area contributed by atoms with Crippen molar-refractivity contribution in [2.45, 2.75) is 46.2 Å². The van der Waals surface area contributed by atoms with Crippen LogP contribution in [0.2, 0.25) is 0 Å².